The van der Waals surface area contributed by atoms with Gasteiger partial charge >= 0.3 is 0 Å². The van der Waals surface area contributed by atoms with Crippen LogP contribution < -0.4 is 9.46 Å². The number of nitrogens with one attached hydrogen (secondary N) is 1. The van der Waals surface area contributed by atoms with E-state index in [2.05, 4.69) is 35.8 Å². The fourth-order valence-electron chi connectivity index (χ4n) is 1.79. The maximum absolute atomic E-state index is 12.5. The van der Waals surface area contributed by atoms with Crippen LogP contribution in [0, 0.1) is 11.5 Å². The molecule has 1 aromatic carbocycles. The third-order valence-corrected chi connectivity index (χ3v) is 5.63. The SMILES string of the molecule is COc1ccc([C@H](CC#C[Si](C)(C)C)NS(=O)C(C)(C)C)cc1. The third kappa shape index (κ3) is 7.34. The number of hydrogen-bond donors (Lipinski definition) is 1. The van der Waals surface area contributed by atoms with Crippen molar-refractivity contribution in [1.29, 1.82) is 0 Å². The smallest absolute Gasteiger partial charge is 0.129 e. The molecule has 0 saturated carbocycles. The molecule has 23 heavy (non-hydrogen) atoms. The van der Waals surface area contributed by atoms with Crippen LogP contribution in [0.1, 0.15) is 38.8 Å². The Morgan fingerprint density at radius 1 is 1.22 bits per heavy atom. The molecule has 0 aliphatic rings. The van der Waals surface area contributed by atoms with Crippen molar-refractivity contribution < 1.29 is 8.95 Å². The Labute approximate surface area is 144 Å². The van der Waals surface area contributed by atoms with Crippen molar-refractivity contribution in [2.24, 2.45) is 0 Å². The van der Waals surface area contributed by atoms with Gasteiger partial charge in [0.05, 0.1) is 28.9 Å². The van der Waals surface area contributed by atoms with E-state index in [4.69, 9.17) is 4.74 Å². The molecule has 0 fully saturated rings. The quantitative estimate of drug-likeness (QED) is 0.642. The highest BCUT2D eigenvalue weighted by Gasteiger charge is 2.23. The van der Waals surface area contributed by atoms with Crippen molar-refractivity contribution in [3.63, 3.8) is 0 Å². The molecular formula is C18H29NO2SSi. The number of ether oxygens (including phenoxy) is 1. The summed E-state index contributed by atoms with van der Waals surface area (Å²) in [5, 5.41) is 0. The van der Waals surface area contributed by atoms with E-state index < -0.39 is 19.1 Å². The number of benzene rings is 1. The number of hydrogen-bond acceptors (Lipinski definition) is 2. The molecule has 1 rings (SSSR count). The van der Waals surface area contributed by atoms with E-state index in [1.807, 2.05) is 45.0 Å². The zero-order chi connectivity index (χ0) is 17.7. The van der Waals surface area contributed by atoms with Gasteiger partial charge in [0.15, 0.2) is 0 Å². The molecule has 5 heteroatoms. The van der Waals surface area contributed by atoms with Crippen LogP contribution >= 0.6 is 0 Å². The Kier molecular flexibility index (Phi) is 7.06. The minimum absolute atomic E-state index is 0.0511. The molecule has 1 aromatic rings. The fraction of sp³-hybridized carbons (Fsp3) is 0.556. The monoisotopic (exact) mass is 351 g/mol. The van der Waals surface area contributed by atoms with Crippen LogP contribution in [0.25, 0.3) is 0 Å². The summed E-state index contributed by atoms with van der Waals surface area (Å²) in [5.41, 5.74) is 4.46. The highest BCUT2D eigenvalue weighted by Crippen LogP contribution is 2.22. The zero-order valence-electron chi connectivity index (χ0n) is 15.3. The number of methoxy groups -OCH3 is 1. The molecule has 1 N–H and O–H groups in total. The molecule has 0 heterocycles. The Balaban J connectivity index is 2.99. The van der Waals surface area contributed by atoms with Crippen LogP contribution in [0.2, 0.25) is 19.6 Å². The van der Waals surface area contributed by atoms with Crippen LogP contribution in [-0.2, 0) is 11.0 Å². The van der Waals surface area contributed by atoms with E-state index in [9.17, 15) is 4.21 Å². The third-order valence-electron chi connectivity index (χ3n) is 3.09. The van der Waals surface area contributed by atoms with Crippen LogP contribution in [0.3, 0.4) is 0 Å². The fourth-order valence-corrected chi connectivity index (χ4v) is 3.25. The molecular weight excluding hydrogens is 322 g/mol. The standard InChI is InChI=1S/C18H29NO2SSi/c1-18(2,3)22(20)19-17(9-8-14-23(5,6)7)15-10-12-16(21-4)13-11-15/h10-13,17,19H,9H2,1-7H3/t17-,22?/m0/s1. The van der Waals surface area contributed by atoms with Crippen molar-refractivity contribution in [2.45, 2.75) is 57.6 Å². The summed E-state index contributed by atoms with van der Waals surface area (Å²) in [6.07, 6.45) is 0.651. The Morgan fingerprint density at radius 3 is 2.22 bits per heavy atom. The molecule has 3 nitrogen and oxygen atoms in total. The van der Waals surface area contributed by atoms with Gasteiger partial charge in [0.2, 0.25) is 0 Å². The van der Waals surface area contributed by atoms with Gasteiger partial charge in [0.25, 0.3) is 0 Å². The minimum atomic E-state index is -1.40. The van der Waals surface area contributed by atoms with Crippen LogP contribution in [-0.4, -0.2) is 24.1 Å². The Bertz CT molecular complexity index is 589. The lowest BCUT2D eigenvalue weighted by atomic mass is 10.1. The molecule has 0 aliphatic heterocycles. The first-order chi connectivity index (χ1) is 10.5. The molecule has 0 aromatic heterocycles. The van der Waals surface area contributed by atoms with E-state index in [1.165, 1.54) is 0 Å². The maximum atomic E-state index is 12.5. The van der Waals surface area contributed by atoms with Gasteiger partial charge in [-0.1, -0.05) is 31.8 Å². The first-order valence-electron chi connectivity index (χ1n) is 7.85. The molecule has 0 aliphatic carbocycles. The highest BCUT2D eigenvalue weighted by atomic mass is 32.2. The summed E-state index contributed by atoms with van der Waals surface area (Å²) >= 11 is 0. The summed E-state index contributed by atoms with van der Waals surface area (Å²) in [7, 11) is -0.887. The summed E-state index contributed by atoms with van der Waals surface area (Å²) < 4.78 is 20.6. The Hall–Kier alpha value is -1.09. The predicted molar refractivity (Wildman–Crippen MR) is 103 cm³/mol. The topological polar surface area (TPSA) is 38.3 Å². The molecule has 1 unspecified atom stereocenters. The lowest BCUT2D eigenvalue weighted by molar-refractivity contribution is 0.414. The van der Waals surface area contributed by atoms with Crippen molar-refractivity contribution >= 4 is 19.1 Å². The molecule has 2 atom stereocenters. The maximum Gasteiger partial charge on any atom is 0.129 e. The van der Waals surface area contributed by atoms with Gasteiger partial charge in [0.1, 0.15) is 13.8 Å². The first-order valence-corrected chi connectivity index (χ1v) is 12.5. The normalized spacial score (nSPS) is 14.6. The van der Waals surface area contributed by atoms with Crippen molar-refractivity contribution in [3.8, 4) is 17.2 Å². The molecule has 0 bridgehead atoms. The predicted octanol–water partition coefficient (Wildman–Crippen LogP) is 4.06. The van der Waals surface area contributed by atoms with E-state index in [-0.39, 0.29) is 10.8 Å². The average molecular weight is 352 g/mol. The van der Waals surface area contributed by atoms with Crippen molar-refractivity contribution in [3.05, 3.63) is 29.8 Å². The van der Waals surface area contributed by atoms with Gasteiger partial charge in [0, 0.05) is 6.42 Å². The van der Waals surface area contributed by atoms with Gasteiger partial charge in [-0.3, -0.25) is 0 Å². The van der Waals surface area contributed by atoms with Crippen LogP contribution in [0.15, 0.2) is 24.3 Å². The lowest BCUT2D eigenvalue weighted by Gasteiger charge is -2.23. The molecule has 0 radical (unpaired) electrons. The average Bonchev–Trinajstić information content (AvgIpc) is 2.44. The van der Waals surface area contributed by atoms with Gasteiger partial charge in [-0.05, 0) is 38.5 Å². The molecule has 0 spiro atoms. The van der Waals surface area contributed by atoms with Gasteiger partial charge in [-0.25, -0.2) is 8.93 Å². The second-order valence-electron chi connectivity index (χ2n) is 7.58. The van der Waals surface area contributed by atoms with E-state index in [0.717, 1.165) is 11.3 Å². The molecule has 0 saturated heterocycles. The van der Waals surface area contributed by atoms with Crippen LogP contribution in [0.5, 0.6) is 5.75 Å². The largest absolute Gasteiger partial charge is 0.497 e. The number of rotatable bonds is 5. The van der Waals surface area contributed by atoms with Gasteiger partial charge < -0.3 is 4.74 Å². The summed E-state index contributed by atoms with van der Waals surface area (Å²) in [6.45, 7) is 12.6. The summed E-state index contributed by atoms with van der Waals surface area (Å²) in [4.78, 5) is 0. The van der Waals surface area contributed by atoms with Gasteiger partial charge in [-0.2, -0.15) is 0 Å². The summed E-state index contributed by atoms with van der Waals surface area (Å²) in [5.74, 6) is 4.11. The first kappa shape index (κ1) is 20.0. The lowest BCUT2D eigenvalue weighted by Crippen LogP contribution is -2.35. The van der Waals surface area contributed by atoms with E-state index in [1.54, 1.807) is 7.11 Å². The Morgan fingerprint density at radius 2 is 1.78 bits per heavy atom. The second-order valence-corrected chi connectivity index (χ2v) is 14.3. The molecule has 128 valence electrons. The van der Waals surface area contributed by atoms with E-state index in [0.29, 0.717) is 6.42 Å². The molecule has 0 amide bonds. The highest BCUT2D eigenvalue weighted by molar-refractivity contribution is 7.84. The van der Waals surface area contributed by atoms with Crippen molar-refractivity contribution in [2.75, 3.05) is 7.11 Å². The van der Waals surface area contributed by atoms with Crippen molar-refractivity contribution in [1.82, 2.24) is 4.72 Å². The summed E-state index contributed by atoms with van der Waals surface area (Å²) in [6, 6.07) is 7.82. The van der Waals surface area contributed by atoms with Gasteiger partial charge in [-0.15, -0.1) is 11.5 Å². The second kappa shape index (κ2) is 8.14. The minimum Gasteiger partial charge on any atom is -0.497 e. The zero-order valence-corrected chi connectivity index (χ0v) is 17.1. The van der Waals surface area contributed by atoms with E-state index >= 15 is 0 Å². The van der Waals surface area contributed by atoms with Crippen LogP contribution in [0.4, 0.5) is 0 Å².